The van der Waals surface area contributed by atoms with Gasteiger partial charge in [-0.25, -0.2) is 13.1 Å². The number of rotatable bonds is 3. The van der Waals surface area contributed by atoms with Crippen LogP contribution in [-0.4, -0.2) is 32.7 Å². The maximum atomic E-state index is 12.3. The molecule has 0 amide bonds. The SMILES string of the molecule is O=S(=O)(NC1CCOC1)c1ccc(C(F)(F)F)nc1. The first-order chi connectivity index (χ1) is 8.79. The van der Waals surface area contributed by atoms with E-state index in [0.29, 0.717) is 25.3 Å². The minimum atomic E-state index is -4.59. The van der Waals surface area contributed by atoms with Gasteiger partial charge in [0.15, 0.2) is 0 Å². The molecule has 1 aromatic heterocycles. The van der Waals surface area contributed by atoms with Crippen molar-refractivity contribution in [3.05, 3.63) is 24.0 Å². The summed E-state index contributed by atoms with van der Waals surface area (Å²) in [4.78, 5) is 2.82. The van der Waals surface area contributed by atoms with E-state index in [1.165, 1.54) is 0 Å². The van der Waals surface area contributed by atoms with E-state index >= 15 is 0 Å². The van der Waals surface area contributed by atoms with E-state index in [1.54, 1.807) is 0 Å². The second-order valence-corrected chi connectivity index (χ2v) is 5.77. The first-order valence-electron chi connectivity index (χ1n) is 5.42. The Labute approximate surface area is 107 Å². The number of sulfonamides is 1. The first kappa shape index (κ1) is 14.2. The van der Waals surface area contributed by atoms with Gasteiger partial charge < -0.3 is 4.74 Å². The Morgan fingerprint density at radius 3 is 2.58 bits per heavy atom. The Morgan fingerprint density at radius 2 is 2.11 bits per heavy atom. The molecule has 1 saturated heterocycles. The predicted octanol–water partition coefficient (Wildman–Crippen LogP) is 1.17. The number of pyridine rings is 1. The topological polar surface area (TPSA) is 68.3 Å². The maximum absolute atomic E-state index is 12.3. The zero-order chi connectivity index (χ0) is 14.1. The summed E-state index contributed by atoms with van der Waals surface area (Å²) in [7, 11) is -3.87. The third-order valence-electron chi connectivity index (χ3n) is 2.59. The molecular formula is C10H11F3N2O3S. The number of nitrogens with one attached hydrogen (secondary N) is 1. The summed E-state index contributed by atoms with van der Waals surface area (Å²) in [6.45, 7) is 0.714. The molecule has 1 unspecified atom stereocenters. The first-order valence-corrected chi connectivity index (χ1v) is 6.91. The van der Waals surface area contributed by atoms with Gasteiger partial charge in [0.2, 0.25) is 10.0 Å². The molecule has 5 nitrogen and oxygen atoms in total. The van der Waals surface area contributed by atoms with E-state index in [-0.39, 0.29) is 17.5 Å². The van der Waals surface area contributed by atoms with Gasteiger partial charge in [-0.15, -0.1) is 0 Å². The summed E-state index contributed by atoms with van der Waals surface area (Å²) in [5.41, 5.74) is -1.13. The third kappa shape index (κ3) is 3.43. The largest absolute Gasteiger partial charge is 0.433 e. The van der Waals surface area contributed by atoms with Crippen molar-refractivity contribution in [2.45, 2.75) is 23.5 Å². The Bertz CT molecular complexity index is 536. The normalized spacial score (nSPS) is 20.7. The van der Waals surface area contributed by atoms with E-state index in [1.807, 2.05) is 0 Å². The summed E-state index contributed by atoms with van der Waals surface area (Å²) < 4.78 is 68.0. The summed E-state index contributed by atoms with van der Waals surface area (Å²) >= 11 is 0. The Kier molecular flexibility index (Phi) is 3.79. The van der Waals surface area contributed by atoms with Crippen molar-refractivity contribution in [3.63, 3.8) is 0 Å². The van der Waals surface area contributed by atoms with E-state index < -0.39 is 21.9 Å². The highest BCUT2D eigenvalue weighted by Crippen LogP contribution is 2.27. The molecule has 0 aromatic carbocycles. The summed E-state index contributed by atoms with van der Waals surface area (Å²) in [6.07, 6.45) is -3.36. The maximum Gasteiger partial charge on any atom is 0.433 e. The molecule has 0 aliphatic carbocycles. The number of hydrogen-bond acceptors (Lipinski definition) is 4. The van der Waals surface area contributed by atoms with Crippen molar-refractivity contribution in [1.82, 2.24) is 9.71 Å². The van der Waals surface area contributed by atoms with Crippen molar-refractivity contribution in [1.29, 1.82) is 0 Å². The lowest BCUT2D eigenvalue weighted by molar-refractivity contribution is -0.141. The van der Waals surface area contributed by atoms with E-state index in [0.717, 1.165) is 6.07 Å². The van der Waals surface area contributed by atoms with Crippen LogP contribution in [0.4, 0.5) is 13.2 Å². The summed E-state index contributed by atoms with van der Waals surface area (Å²) in [5, 5.41) is 0. The second kappa shape index (κ2) is 5.06. The minimum absolute atomic E-state index is 0.257. The molecule has 1 aromatic rings. The van der Waals surface area contributed by atoms with Gasteiger partial charge >= 0.3 is 6.18 Å². The Balaban J connectivity index is 2.16. The van der Waals surface area contributed by atoms with E-state index in [2.05, 4.69) is 9.71 Å². The van der Waals surface area contributed by atoms with Crippen LogP contribution in [0.2, 0.25) is 0 Å². The number of ether oxygens (including phenoxy) is 1. The third-order valence-corrected chi connectivity index (χ3v) is 4.09. The van der Waals surface area contributed by atoms with Crippen molar-refractivity contribution in [3.8, 4) is 0 Å². The molecular weight excluding hydrogens is 285 g/mol. The molecule has 1 atom stereocenters. The fourth-order valence-electron chi connectivity index (χ4n) is 1.62. The molecule has 1 fully saturated rings. The van der Waals surface area contributed by atoms with Crippen molar-refractivity contribution < 1.29 is 26.3 Å². The number of alkyl halides is 3. The molecule has 0 bridgehead atoms. The highest BCUT2D eigenvalue weighted by molar-refractivity contribution is 7.89. The van der Waals surface area contributed by atoms with Crippen molar-refractivity contribution in [2.24, 2.45) is 0 Å². The molecule has 1 aliphatic heterocycles. The highest BCUT2D eigenvalue weighted by Gasteiger charge is 2.33. The van der Waals surface area contributed by atoms with Gasteiger partial charge in [-0.2, -0.15) is 13.2 Å². The Morgan fingerprint density at radius 1 is 1.37 bits per heavy atom. The highest BCUT2D eigenvalue weighted by atomic mass is 32.2. The van der Waals surface area contributed by atoms with Crippen LogP contribution >= 0.6 is 0 Å². The molecule has 0 saturated carbocycles. The molecule has 1 N–H and O–H groups in total. The van der Waals surface area contributed by atoms with Crippen LogP contribution in [0.1, 0.15) is 12.1 Å². The van der Waals surface area contributed by atoms with Crippen LogP contribution in [-0.2, 0) is 20.9 Å². The van der Waals surface area contributed by atoms with Gasteiger partial charge in [-0.1, -0.05) is 0 Å². The number of nitrogens with zero attached hydrogens (tertiary/aromatic N) is 1. The zero-order valence-electron chi connectivity index (χ0n) is 9.64. The molecule has 0 radical (unpaired) electrons. The lowest BCUT2D eigenvalue weighted by atomic mass is 10.3. The van der Waals surface area contributed by atoms with Gasteiger partial charge in [0.05, 0.1) is 6.61 Å². The molecule has 19 heavy (non-hydrogen) atoms. The summed E-state index contributed by atoms with van der Waals surface area (Å²) in [6, 6.07) is 1.17. The van der Waals surface area contributed by atoms with Crippen LogP contribution in [0.5, 0.6) is 0 Å². The Hall–Kier alpha value is -1.19. The molecule has 2 rings (SSSR count). The van der Waals surface area contributed by atoms with Crippen molar-refractivity contribution in [2.75, 3.05) is 13.2 Å². The quantitative estimate of drug-likeness (QED) is 0.909. The van der Waals surface area contributed by atoms with Crippen LogP contribution < -0.4 is 4.72 Å². The lowest BCUT2D eigenvalue weighted by Crippen LogP contribution is -2.35. The van der Waals surface area contributed by atoms with E-state index in [9.17, 15) is 21.6 Å². The fraction of sp³-hybridized carbons (Fsp3) is 0.500. The molecule has 2 heterocycles. The monoisotopic (exact) mass is 296 g/mol. The van der Waals surface area contributed by atoms with E-state index in [4.69, 9.17) is 4.74 Å². The van der Waals surface area contributed by atoms with Gasteiger partial charge in [0, 0.05) is 18.8 Å². The second-order valence-electron chi connectivity index (χ2n) is 4.06. The molecule has 0 spiro atoms. The van der Waals surface area contributed by atoms with Crippen LogP contribution in [0.3, 0.4) is 0 Å². The standard InChI is InChI=1S/C10H11F3N2O3S/c11-10(12,13)9-2-1-8(5-14-9)19(16,17)15-7-3-4-18-6-7/h1-2,5,7,15H,3-4,6H2. The predicted molar refractivity (Wildman–Crippen MR) is 58.8 cm³/mol. The average Bonchev–Trinajstić information content (AvgIpc) is 2.80. The molecule has 1 aliphatic rings. The lowest BCUT2D eigenvalue weighted by Gasteiger charge is -2.12. The number of hydrogen-bond donors (Lipinski definition) is 1. The summed E-state index contributed by atoms with van der Waals surface area (Å²) in [5.74, 6) is 0. The van der Waals surface area contributed by atoms with Crippen LogP contribution in [0.15, 0.2) is 23.2 Å². The smallest absolute Gasteiger partial charge is 0.380 e. The molecule has 9 heteroatoms. The minimum Gasteiger partial charge on any atom is -0.380 e. The van der Waals surface area contributed by atoms with Gasteiger partial charge in [0.25, 0.3) is 0 Å². The zero-order valence-corrected chi connectivity index (χ0v) is 10.5. The van der Waals surface area contributed by atoms with Crippen LogP contribution in [0.25, 0.3) is 0 Å². The van der Waals surface area contributed by atoms with Crippen LogP contribution in [0, 0.1) is 0 Å². The number of halogens is 3. The van der Waals surface area contributed by atoms with Gasteiger partial charge in [-0.3, -0.25) is 4.98 Å². The molecule has 106 valence electrons. The van der Waals surface area contributed by atoms with Gasteiger partial charge in [-0.05, 0) is 18.6 Å². The van der Waals surface area contributed by atoms with Crippen molar-refractivity contribution >= 4 is 10.0 Å². The number of aromatic nitrogens is 1. The van der Waals surface area contributed by atoms with Gasteiger partial charge in [0.1, 0.15) is 10.6 Å². The fourth-order valence-corrected chi connectivity index (χ4v) is 2.82. The average molecular weight is 296 g/mol.